The first-order valence-corrected chi connectivity index (χ1v) is 6.89. The molecule has 0 bridgehead atoms. The highest BCUT2D eigenvalue weighted by atomic mass is 32.2. The number of hydrogen-bond donors (Lipinski definition) is 2. The summed E-state index contributed by atoms with van der Waals surface area (Å²) in [6.45, 7) is 0.592. The Morgan fingerprint density at radius 2 is 2.00 bits per heavy atom. The maximum atomic E-state index is 11.7. The van der Waals surface area contributed by atoms with E-state index in [4.69, 9.17) is 10.5 Å². The molecule has 1 rings (SSSR count). The molecule has 0 heterocycles. The molecule has 0 atom stereocenters. The first-order chi connectivity index (χ1) is 7.04. The molecule has 1 fully saturated rings. The highest BCUT2D eigenvalue weighted by molar-refractivity contribution is 7.89. The Bertz CT molecular complexity index is 284. The largest absolute Gasteiger partial charge is 0.384 e. The van der Waals surface area contributed by atoms with Crippen LogP contribution in [0.25, 0.3) is 0 Å². The van der Waals surface area contributed by atoms with Gasteiger partial charge in [0.05, 0.1) is 12.4 Å². The minimum absolute atomic E-state index is 0.00521. The van der Waals surface area contributed by atoms with Crippen LogP contribution in [0.4, 0.5) is 0 Å². The van der Waals surface area contributed by atoms with Gasteiger partial charge in [0.2, 0.25) is 10.0 Å². The summed E-state index contributed by atoms with van der Waals surface area (Å²) in [5, 5.41) is 0. The van der Waals surface area contributed by atoms with Crippen LogP contribution in [0.2, 0.25) is 0 Å². The van der Waals surface area contributed by atoms with Gasteiger partial charge in [0.1, 0.15) is 0 Å². The van der Waals surface area contributed by atoms with Crippen molar-refractivity contribution in [2.24, 2.45) is 5.73 Å². The number of rotatable bonds is 6. The van der Waals surface area contributed by atoms with Gasteiger partial charge < -0.3 is 10.5 Å². The number of methoxy groups -OCH3 is 1. The summed E-state index contributed by atoms with van der Waals surface area (Å²) in [7, 11) is -1.76. The molecule has 0 unspecified atom stereocenters. The zero-order valence-corrected chi connectivity index (χ0v) is 9.98. The van der Waals surface area contributed by atoms with E-state index >= 15 is 0 Å². The fraction of sp³-hybridized carbons (Fsp3) is 1.00. The second kappa shape index (κ2) is 5.25. The highest BCUT2D eigenvalue weighted by Gasteiger charge is 2.35. The van der Waals surface area contributed by atoms with E-state index in [1.54, 1.807) is 0 Å². The molecule has 0 aliphatic heterocycles. The van der Waals surface area contributed by atoms with Crippen molar-refractivity contribution in [1.29, 1.82) is 0 Å². The summed E-state index contributed by atoms with van der Waals surface area (Å²) in [4.78, 5) is 0. The molecule has 6 heteroatoms. The second-order valence-electron chi connectivity index (χ2n) is 4.11. The van der Waals surface area contributed by atoms with Crippen LogP contribution in [0, 0.1) is 0 Å². The third kappa shape index (κ3) is 3.71. The van der Waals surface area contributed by atoms with Gasteiger partial charge in [0, 0.05) is 19.2 Å². The van der Waals surface area contributed by atoms with E-state index in [2.05, 4.69) is 4.72 Å². The standard InChI is InChI=1S/C9H20N2O3S/c1-14-6-7-15(12,13)11-9(8-10)4-2-3-5-9/h11H,2-8,10H2,1H3. The zero-order valence-electron chi connectivity index (χ0n) is 9.16. The number of nitrogens with one attached hydrogen (secondary N) is 1. The van der Waals surface area contributed by atoms with Gasteiger partial charge in [-0.05, 0) is 12.8 Å². The number of hydrogen-bond acceptors (Lipinski definition) is 4. The lowest BCUT2D eigenvalue weighted by Crippen LogP contribution is -2.52. The van der Waals surface area contributed by atoms with Crippen LogP contribution in [-0.4, -0.2) is 40.0 Å². The van der Waals surface area contributed by atoms with E-state index in [1.165, 1.54) is 7.11 Å². The van der Waals surface area contributed by atoms with E-state index in [0.29, 0.717) is 6.54 Å². The fourth-order valence-corrected chi connectivity index (χ4v) is 3.41. The third-order valence-corrected chi connectivity index (χ3v) is 4.33. The van der Waals surface area contributed by atoms with Crippen LogP contribution in [0.5, 0.6) is 0 Å². The molecule has 0 aromatic carbocycles. The molecule has 0 aromatic rings. The van der Waals surface area contributed by atoms with E-state index in [-0.39, 0.29) is 12.4 Å². The minimum atomic E-state index is -3.25. The van der Waals surface area contributed by atoms with Crippen molar-refractivity contribution in [1.82, 2.24) is 4.72 Å². The lowest BCUT2D eigenvalue weighted by atomic mass is 10.0. The number of nitrogens with two attached hydrogens (primary N) is 1. The summed E-state index contributed by atoms with van der Waals surface area (Å²) < 4.78 is 30.8. The molecule has 5 nitrogen and oxygen atoms in total. The highest BCUT2D eigenvalue weighted by Crippen LogP contribution is 2.29. The Kier molecular flexibility index (Phi) is 4.51. The Morgan fingerprint density at radius 1 is 1.40 bits per heavy atom. The first kappa shape index (κ1) is 12.9. The summed E-state index contributed by atoms with van der Waals surface area (Å²) >= 11 is 0. The third-order valence-electron chi connectivity index (χ3n) is 2.88. The normalized spacial score (nSPS) is 20.7. The van der Waals surface area contributed by atoms with Crippen molar-refractivity contribution in [3.8, 4) is 0 Å². The Labute approximate surface area is 91.4 Å². The summed E-state index contributed by atoms with van der Waals surface area (Å²) in [6.07, 6.45) is 3.78. The average Bonchev–Trinajstić information content (AvgIpc) is 2.63. The van der Waals surface area contributed by atoms with E-state index < -0.39 is 15.6 Å². The maximum absolute atomic E-state index is 11.7. The number of sulfonamides is 1. The Balaban J connectivity index is 2.58. The predicted octanol–water partition coefficient (Wildman–Crippen LogP) is -0.176. The smallest absolute Gasteiger partial charge is 0.214 e. The van der Waals surface area contributed by atoms with Crippen LogP contribution in [-0.2, 0) is 14.8 Å². The molecular formula is C9H20N2O3S. The fourth-order valence-electron chi connectivity index (χ4n) is 1.97. The second-order valence-corrected chi connectivity index (χ2v) is 5.95. The van der Waals surface area contributed by atoms with Crippen LogP contribution in [0.15, 0.2) is 0 Å². The molecule has 1 saturated carbocycles. The summed E-state index contributed by atoms with van der Waals surface area (Å²) in [6, 6.07) is 0. The van der Waals surface area contributed by atoms with Gasteiger partial charge in [-0.25, -0.2) is 13.1 Å². The Hall–Kier alpha value is -0.170. The van der Waals surface area contributed by atoms with Crippen molar-refractivity contribution in [2.75, 3.05) is 26.0 Å². The molecule has 90 valence electrons. The Morgan fingerprint density at radius 3 is 2.47 bits per heavy atom. The van der Waals surface area contributed by atoms with Crippen molar-refractivity contribution in [2.45, 2.75) is 31.2 Å². The first-order valence-electron chi connectivity index (χ1n) is 5.24. The molecule has 0 saturated heterocycles. The van der Waals surface area contributed by atoms with Crippen LogP contribution in [0.1, 0.15) is 25.7 Å². The van der Waals surface area contributed by atoms with Crippen LogP contribution < -0.4 is 10.5 Å². The van der Waals surface area contributed by atoms with Gasteiger partial charge in [-0.3, -0.25) is 0 Å². The van der Waals surface area contributed by atoms with E-state index in [9.17, 15) is 8.42 Å². The molecule has 0 amide bonds. The molecule has 0 aromatic heterocycles. The van der Waals surface area contributed by atoms with Crippen molar-refractivity contribution < 1.29 is 13.2 Å². The number of ether oxygens (including phenoxy) is 1. The molecule has 1 aliphatic rings. The van der Waals surface area contributed by atoms with Gasteiger partial charge in [0.15, 0.2) is 0 Å². The van der Waals surface area contributed by atoms with E-state index in [1.807, 2.05) is 0 Å². The molecule has 0 spiro atoms. The van der Waals surface area contributed by atoms with Gasteiger partial charge in [-0.1, -0.05) is 12.8 Å². The summed E-state index contributed by atoms with van der Waals surface area (Å²) in [5.74, 6) is 0.00521. The zero-order chi connectivity index (χ0) is 11.4. The topological polar surface area (TPSA) is 81.4 Å². The van der Waals surface area contributed by atoms with Gasteiger partial charge >= 0.3 is 0 Å². The lowest BCUT2D eigenvalue weighted by Gasteiger charge is -2.28. The van der Waals surface area contributed by atoms with Crippen molar-refractivity contribution >= 4 is 10.0 Å². The minimum Gasteiger partial charge on any atom is -0.384 e. The van der Waals surface area contributed by atoms with Crippen LogP contribution in [0.3, 0.4) is 0 Å². The molecule has 15 heavy (non-hydrogen) atoms. The van der Waals surface area contributed by atoms with Crippen LogP contribution >= 0.6 is 0 Å². The molecule has 3 N–H and O–H groups in total. The quantitative estimate of drug-likeness (QED) is 0.670. The SMILES string of the molecule is COCCS(=O)(=O)NC1(CN)CCCC1. The summed E-state index contributed by atoms with van der Waals surface area (Å²) in [5.41, 5.74) is 5.25. The lowest BCUT2D eigenvalue weighted by molar-refractivity contribution is 0.216. The average molecular weight is 236 g/mol. The van der Waals surface area contributed by atoms with Gasteiger partial charge in [-0.2, -0.15) is 0 Å². The van der Waals surface area contributed by atoms with Crippen molar-refractivity contribution in [3.05, 3.63) is 0 Å². The monoisotopic (exact) mass is 236 g/mol. The van der Waals surface area contributed by atoms with Crippen molar-refractivity contribution in [3.63, 3.8) is 0 Å². The van der Waals surface area contributed by atoms with Gasteiger partial charge in [0.25, 0.3) is 0 Å². The predicted molar refractivity (Wildman–Crippen MR) is 59.1 cm³/mol. The molecule has 0 radical (unpaired) electrons. The molecular weight excluding hydrogens is 216 g/mol. The van der Waals surface area contributed by atoms with E-state index in [0.717, 1.165) is 25.7 Å². The van der Waals surface area contributed by atoms with Gasteiger partial charge in [-0.15, -0.1) is 0 Å². The molecule has 1 aliphatic carbocycles. The maximum Gasteiger partial charge on any atom is 0.214 e.